The number of benzene rings is 1. The van der Waals surface area contributed by atoms with Crippen LogP contribution < -0.4 is 9.58 Å². The number of carbonyl (C=O) groups excluding carboxylic acids is 1. The third kappa shape index (κ3) is 3.16. The van der Waals surface area contributed by atoms with E-state index in [1.165, 1.54) is 17.1 Å². The number of rotatable bonds is 4. The second-order valence-corrected chi connectivity index (χ2v) is 6.31. The Labute approximate surface area is 143 Å². The zero-order valence-corrected chi connectivity index (χ0v) is 14.7. The summed E-state index contributed by atoms with van der Waals surface area (Å²) in [6.07, 6.45) is 1.71. The Morgan fingerprint density at radius 3 is 2.54 bits per heavy atom. The lowest BCUT2D eigenvalue weighted by molar-refractivity contribution is -0.738. The Bertz CT molecular complexity index is 701. The molecule has 1 aliphatic heterocycles. The van der Waals surface area contributed by atoms with Crippen LogP contribution in [0.2, 0.25) is 0 Å². The van der Waals surface area contributed by atoms with Gasteiger partial charge in [-0.15, -0.1) is 0 Å². The van der Waals surface area contributed by atoms with Gasteiger partial charge in [0.15, 0.2) is 0 Å². The van der Waals surface area contributed by atoms with Gasteiger partial charge in [-0.2, -0.15) is 4.68 Å². The Kier molecular flexibility index (Phi) is 4.88. The maximum Gasteiger partial charge on any atom is 0.309 e. The van der Waals surface area contributed by atoms with Crippen molar-refractivity contribution in [3.05, 3.63) is 36.4 Å². The van der Waals surface area contributed by atoms with Gasteiger partial charge in [0.25, 0.3) is 5.82 Å². The van der Waals surface area contributed by atoms with E-state index in [4.69, 9.17) is 4.74 Å². The van der Waals surface area contributed by atoms with Gasteiger partial charge in [-0.05, 0) is 19.8 Å². The molecule has 0 unspecified atom stereocenters. The molecule has 1 aromatic heterocycles. The summed E-state index contributed by atoms with van der Waals surface area (Å²) in [5.74, 6) is 1.20. The van der Waals surface area contributed by atoms with E-state index in [2.05, 4.69) is 58.7 Å². The highest BCUT2D eigenvalue weighted by atomic mass is 16.5. The zero-order valence-electron chi connectivity index (χ0n) is 14.7. The van der Waals surface area contributed by atoms with Crippen LogP contribution in [0.25, 0.3) is 11.3 Å². The lowest BCUT2D eigenvalue weighted by Crippen LogP contribution is -2.46. The van der Waals surface area contributed by atoms with Gasteiger partial charge >= 0.3 is 5.97 Å². The van der Waals surface area contributed by atoms with E-state index in [1.54, 1.807) is 0 Å². The minimum Gasteiger partial charge on any atom is -0.466 e. The number of carbonyl (C=O) groups is 1. The molecular formula is C19H26N3O2+. The van der Waals surface area contributed by atoms with Crippen LogP contribution in [-0.2, 0) is 23.6 Å². The third-order valence-corrected chi connectivity index (χ3v) is 4.90. The largest absolute Gasteiger partial charge is 0.466 e. The molecule has 2 heterocycles. The molecule has 1 aliphatic rings. The Morgan fingerprint density at radius 1 is 1.25 bits per heavy atom. The molecule has 1 fully saturated rings. The number of aromatic nitrogens is 2. The van der Waals surface area contributed by atoms with Crippen molar-refractivity contribution in [3.8, 4) is 11.3 Å². The molecule has 128 valence electrons. The quantitative estimate of drug-likeness (QED) is 0.638. The van der Waals surface area contributed by atoms with Crippen molar-refractivity contribution in [1.82, 2.24) is 4.68 Å². The van der Waals surface area contributed by atoms with Crippen LogP contribution in [0.15, 0.2) is 36.4 Å². The predicted octanol–water partition coefficient (Wildman–Crippen LogP) is 2.30. The summed E-state index contributed by atoms with van der Waals surface area (Å²) < 4.78 is 9.50. The summed E-state index contributed by atoms with van der Waals surface area (Å²) in [6, 6.07) is 12.7. The number of ether oxygens (including phenoxy) is 1. The molecule has 0 radical (unpaired) electrons. The van der Waals surface area contributed by atoms with Crippen LogP contribution in [0.4, 0.5) is 5.82 Å². The fourth-order valence-electron chi connectivity index (χ4n) is 3.40. The maximum absolute atomic E-state index is 11.9. The van der Waals surface area contributed by atoms with Crippen LogP contribution in [0, 0.1) is 5.92 Å². The first kappa shape index (κ1) is 16.6. The van der Waals surface area contributed by atoms with Gasteiger partial charge in [-0.25, -0.2) is 4.68 Å². The molecular weight excluding hydrogens is 302 g/mol. The molecule has 1 aromatic carbocycles. The van der Waals surface area contributed by atoms with Crippen molar-refractivity contribution >= 4 is 11.8 Å². The average Bonchev–Trinajstić information content (AvgIpc) is 2.92. The molecule has 2 aromatic rings. The molecule has 24 heavy (non-hydrogen) atoms. The maximum atomic E-state index is 11.9. The molecule has 0 saturated carbocycles. The van der Waals surface area contributed by atoms with Crippen LogP contribution in [0.3, 0.4) is 0 Å². The molecule has 5 heteroatoms. The fourth-order valence-corrected chi connectivity index (χ4v) is 3.40. The van der Waals surface area contributed by atoms with Gasteiger partial charge in [0, 0.05) is 12.6 Å². The van der Waals surface area contributed by atoms with E-state index in [1.807, 2.05) is 13.0 Å². The van der Waals surface area contributed by atoms with Crippen LogP contribution in [0.1, 0.15) is 19.8 Å². The molecule has 0 aliphatic carbocycles. The number of esters is 1. The lowest BCUT2D eigenvalue weighted by Gasteiger charge is -2.26. The predicted molar refractivity (Wildman–Crippen MR) is 93.6 cm³/mol. The Hall–Kier alpha value is -2.30. The van der Waals surface area contributed by atoms with E-state index in [9.17, 15) is 4.79 Å². The first-order chi connectivity index (χ1) is 11.6. The topological polar surface area (TPSA) is 38.4 Å². The Morgan fingerprint density at radius 2 is 1.92 bits per heavy atom. The highest BCUT2D eigenvalue weighted by Gasteiger charge is 2.32. The van der Waals surface area contributed by atoms with Crippen molar-refractivity contribution in [2.24, 2.45) is 20.0 Å². The molecule has 5 nitrogen and oxygen atoms in total. The minimum absolute atomic E-state index is 0.0421. The molecule has 0 atom stereocenters. The van der Waals surface area contributed by atoms with Gasteiger partial charge < -0.3 is 4.74 Å². The lowest BCUT2D eigenvalue weighted by atomic mass is 9.97. The summed E-state index contributed by atoms with van der Waals surface area (Å²) in [5, 5.41) is 0. The molecule has 0 bridgehead atoms. The summed E-state index contributed by atoms with van der Waals surface area (Å²) in [5.41, 5.74) is 2.41. The van der Waals surface area contributed by atoms with Gasteiger partial charge in [0.05, 0.1) is 37.4 Å². The summed E-state index contributed by atoms with van der Waals surface area (Å²) in [6.45, 7) is 4.10. The van der Waals surface area contributed by atoms with Crippen LogP contribution in [0.5, 0.6) is 0 Å². The highest BCUT2D eigenvalue weighted by Crippen LogP contribution is 2.26. The number of nitrogens with zero attached hydrogens (tertiary/aromatic N) is 3. The normalized spacial score (nSPS) is 15.5. The van der Waals surface area contributed by atoms with E-state index in [-0.39, 0.29) is 11.9 Å². The summed E-state index contributed by atoms with van der Waals surface area (Å²) in [4.78, 5) is 14.3. The average molecular weight is 328 g/mol. The van der Waals surface area contributed by atoms with Gasteiger partial charge in [-0.3, -0.25) is 9.69 Å². The van der Waals surface area contributed by atoms with Crippen molar-refractivity contribution in [3.63, 3.8) is 0 Å². The second kappa shape index (κ2) is 7.07. The number of hydrogen-bond acceptors (Lipinski definition) is 3. The van der Waals surface area contributed by atoms with Gasteiger partial charge in [-0.1, -0.05) is 30.3 Å². The monoisotopic (exact) mass is 328 g/mol. The van der Waals surface area contributed by atoms with Crippen molar-refractivity contribution in [1.29, 1.82) is 0 Å². The minimum atomic E-state index is -0.0421. The molecule has 0 spiro atoms. The smallest absolute Gasteiger partial charge is 0.309 e. The number of anilines is 1. The molecule has 1 saturated heterocycles. The molecule has 0 amide bonds. The Balaban J connectivity index is 1.76. The van der Waals surface area contributed by atoms with E-state index in [0.29, 0.717) is 6.61 Å². The van der Waals surface area contributed by atoms with Crippen LogP contribution >= 0.6 is 0 Å². The summed E-state index contributed by atoms with van der Waals surface area (Å²) >= 11 is 0. The number of piperidine rings is 1. The summed E-state index contributed by atoms with van der Waals surface area (Å²) in [7, 11) is 4.16. The zero-order chi connectivity index (χ0) is 17.1. The molecule has 0 N–H and O–H groups in total. The number of hydrogen-bond donors (Lipinski definition) is 0. The van der Waals surface area contributed by atoms with Crippen molar-refractivity contribution < 1.29 is 14.2 Å². The van der Waals surface area contributed by atoms with Crippen molar-refractivity contribution in [2.75, 3.05) is 24.6 Å². The van der Waals surface area contributed by atoms with Gasteiger partial charge in [0.2, 0.25) is 0 Å². The first-order valence-electron chi connectivity index (χ1n) is 8.64. The van der Waals surface area contributed by atoms with E-state index in [0.717, 1.165) is 25.9 Å². The van der Waals surface area contributed by atoms with E-state index >= 15 is 0 Å². The van der Waals surface area contributed by atoms with Crippen molar-refractivity contribution in [2.45, 2.75) is 19.8 Å². The second-order valence-electron chi connectivity index (χ2n) is 6.31. The van der Waals surface area contributed by atoms with E-state index < -0.39 is 0 Å². The standard InChI is InChI=1S/C19H26N3O2/c1-4-24-19(23)16-10-12-22(13-11-16)18-14-17(20(2)21(18)3)15-8-6-5-7-9-15/h5-9,14,16H,4,10-13H2,1-3H3/q+1. The molecule has 3 rings (SSSR count). The van der Waals surface area contributed by atoms with Crippen LogP contribution in [-0.4, -0.2) is 30.3 Å². The SMILES string of the molecule is CCOC(=O)C1CCN(c2cc(-c3ccccc3)n(C)[n+]2C)CC1. The fraction of sp³-hybridized carbons (Fsp3) is 0.474. The highest BCUT2D eigenvalue weighted by molar-refractivity contribution is 5.73. The first-order valence-corrected chi connectivity index (χ1v) is 8.64. The van der Waals surface area contributed by atoms with Gasteiger partial charge in [0.1, 0.15) is 7.05 Å². The third-order valence-electron chi connectivity index (χ3n) is 4.90.